The van der Waals surface area contributed by atoms with Crippen LogP contribution in [0.1, 0.15) is 24.7 Å². The largest absolute Gasteiger partial charge is 0.335 e. The Morgan fingerprint density at radius 1 is 1.29 bits per heavy atom. The third kappa shape index (κ3) is 3.28. The molecule has 2 heterocycles. The van der Waals surface area contributed by atoms with Crippen molar-refractivity contribution in [2.75, 3.05) is 0 Å². The van der Waals surface area contributed by atoms with Crippen LogP contribution in [0.3, 0.4) is 0 Å². The van der Waals surface area contributed by atoms with Crippen molar-refractivity contribution < 1.29 is 4.63 Å². The maximum absolute atomic E-state index is 4.71. The molecule has 3 rings (SSSR count). The van der Waals surface area contributed by atoms with E-state index in [4.69, 9.17) is 4.63 Å². The zero-order valence-electron chi connectivity index (χ0n) is 12.3. The summed E-state index contributed by atoms with van der Waals surface area (Å²) in [4.78, 5) is 4.23. The van der Waals surface area contributed by atoms with Crippen LogP contribution in [0.5, 0.6) is 0 Å². The molecule has 1 unspecified atom stereocenters. The lowest BCUT2D eigenvalue weighted by Crippen LogP contribution is -2.26. The number of rotatable bonds is 6. The molecule has 0 saturated carbocycles. The number of nitrogens with zero attached hydrogens (tertiary/aromatic N) is 4. The number of hydrogen-bond acceptors (Lipinski definition) is 5. The highest BCUT2D eigenvalue weighted by atomic mass is 16.6. The number of aryl methyl sites for hydroxylation is 2. The van der Waals surface area contributed by atoms with Crippen molar-refractivity contribution >= 4 is 11.0 Å². The van der Waals surface area contributed by atoms with Crippen LogP contribution in [-0.4, -0.2) is 25.9 Å². The number of fused-ring (bicyclic) bond motifs is 1. The van der Waals surface area contributed by atoms with Crippen LogP contribution < -0.4 is 5.32 Å². The third-order valence-corrected chi connectivity index (χ3v) is 3.70. The minimum Gasteiger partial charge on any atom is -0.335 e. The minimum atomic E-state index is 0.429. The second-order valence-electron chi connectivity index (χ2n) is 5.33. The Balaban J connectivity index is 1.51. The summed E-state index contributed by atoms with van der Waals surface area (Å²) in [5.74, 6) is 1.06. The highest BCUT2D eigenvalue weighted by molar-refractivity contribution is 5.73. The van der Waals surface area contributed by atoms with E-state index >= 15 is 0 Å². The predicted octanol–water partition coefficient (Wildman–Crippen LogP) is 2.30. The first-order valence-electron chi connectivity index (χ1n) is 7.14. The standard InChI is InChI=1S/C15H19N5O/c1-11(5-7-20-8-6-16-12(20)2)17-10-13-3-4-14-15(9-13)19-21-18-14/h3-4,6,8-9,11,17H,5,7,10H2,1-2H3. The van der Waals surface area contributed by atoms with E-state index in [1.807, 2.05) is 37.5 Å². The smallest absolute Gasteiger partial charge is 0.135 e. The molecule has 0 fully saturated rings. The number of aromatic nitrogens is 4. The summed E-state index contributed by atoms with van der Waals surface area (Å²) in [5.41, 5.74) is 2.78. The van der Waals surface area contributed by atoms with Gasteiger partial charge in [-0.3, -0.25) is 0 Å². The fourth-order valence-electron chi connectivity index (χ4n) is 2.30. The average Bonchev–Trinajstić information content (AvgIpc) is 3.11. The van der Waals surface area contributed by atoms with Gasteiger partial charge in [-0.2, -0.15) is 0 Å². The van der Waals surface area contributed by atoms with Crippen LogP contribution in [0, 0.1) is 6.92 Å². The molecule has 0 amide bonds. The van der Waals surface area contributed by atoms with Crippen molar-refractivity contribution in [2.24, 2.45) is 0 Å². The molecule has 2 aromatic heterocycles. The van der Waals surface area contributed by atoms with Gasteiger partial charge in [-0.25, -0.2) is 9.61 Å². The van der Waals surface area contributed by atoms with Gasteiger partial charge in [-0.15, -0.1) is 0 Å². The summed E-state index contributed by atoms with van der Waals surface area (Å²) < 4.78 is 6.88. The van der Waals surface area contributed by atoms with Crippen molar-refractivity contribution in [2.45, 2.75) is 39.4 Å². The van der Waals surface area contributed by atoms with Crippen LogP contribution in [0.4, 0.5) is 0 Å². The van der Waals surface area contributed by atoms with E-state index < -0.39 is 0 Å². The lowest BCUT2D eigenvalue weighted by atomic mass is 10.1. The zero-order valence-corrected chi connectivity index (χ0v) is 12.3. The fourth-order valence-corrected chi connectivity index (χ4v) is 2.30. The van der Waals surface area contributed by atoms with E-state index in [9.17, 15) is 0 Å². The SMILES string of the molecule is Cc1nccn1CCC(C)NCc1ccc2nonc2c1. The van der Waals surface area contributed by atoms with Gasteiger partial charge in [0.25, 0.3) is 0 Å². The molecular weight excluding hydrogens is 266 g/mol. The Morgan fingerprint density at radius 2 is 2.14 bits per heavy atom. The molecule has 6 nitrogen and oxygen atoms in total. The van der Waals surface area contributed by atoms with Crippen LogP contribution in [0.15, 0.2) is 35.2 Å². The Morgan fingerprint density at radius 3 is 2.95 bits per heavy atom. The van der Waals surface area contributed by atoms with E-state index in [1.54, 1.807) is 0 Å². The Bertz CT molecular complexity index is 718. The number of imidazole rings is 1. The molecule has 0 saturated heterocycles. The highest BCUT2D eigenvalue weighted by Crippen LogP contribution is 2.11. The van der Waals surface area contributed by atoms with Crippen LogP contribution in [0.25, 0.3) is 11.0 Å². The predicted molar refractivity (Wildman–Crippen MR) is 79.7 cm³/mol. The molecule has 1 atom stereocenters. The summed E-state index contributed by atoms with van der Waals surface area (Å²) in [5, 5.41) is 11.2. The van der Waals surface area contributed by atoms with Crippen LogP contribution in [0.2, 0.25) is 0 Å². The Hall–Kier alpha value is -2.21. The second kappa shape index (κ2) is 6.05. The lowest BCUT2D eigenvalue weighted by Gasteiger charge is -2.14. The van der Waals surface area contributed by atoms with Crippen molar-refractivity contribution in [3.8, 4) is 0 Å². The number of hydrogen-bond donors (Lipinski definition) is 1. The molecule has 0 aliphatic heterocycles. The van der Waals surface area contributed by atoms with Gasteiger partial charge in [-0.1, -0.05) is 6.07 Å². The van der Waals surface area contributed by atoms with Gasteiger partial charge < -0.3 is 9.88 Å². The first kappa shape index (κ1) is 13.8. The molecule has 0 aliphatic rings. The average molecular weight is 285 g/mol. The van der Waals surface area contributed by atoms with Gasteiger partial charge in [0.05, 0.1) is 0 Å². The van der Waals surface area contributed by atoms with Crippen LogP contribution in [-0.2, 0) is 13.1 Å². The molecule has 110 valence electrons. The first-order chi connectivity index (χ1) is 10.2. The molecule has 0 spiro atoms. The van der Waals surface area contributed by atoms with Gasteiger partial charge in [0, 0.05) is 31.5 Å². The van der Waals surface area contributed by atoms with E-state index in [2.05, 4.69) is 32.1 Å². The topological polar surface area (TPSA) is 68.8 Å². The number of benzene rings is 1. The van der Waals surface area contributed by atoms with E-state index in [0.717, 1.165) is 36.4 Å². The molecule has 0 radical (unpaired) electrons. The number of nitrogens with one attached hydrogen (secondary N) is 1. The molecule has 1 aromatic carbocycles. The van der Waals surface area contributed by atoms with Gasteiger partial charge in [0.1, 0.15) is 16.9 Å². The zero-order chi connectivity index (χ0) is 14.7. The first-order valence-corrected chi connectivity index (χ1v) is 7.14. The van der Waals surface area contributed by atoms with E-state index in [1.165, 1.54) is 5.56 Å². The summed E-state index contributed by atoms with van der Waals surface area (Å²) >= 11 is 0. The molecule has 1 N–H and O–H groups in total. The quantitative estimate of drug-likeness (QED) is 0.752. The Kier molecular flexibility index (Phi) is 3.96. The monoisotopic (exact) mass is 285 g/mol. The van der Waals surface area contributed by atoms with E-state index in [0.29, 0.717) is 6.04 Å². The summed E-state index contributed by atoms with van der Waals surface area (Å²) in [7, 11) is 0. The summed E-state index contributed by atoms with van der Waals surface area (Å²) in [6.45, 7) is 6.01. The lowest BCUT2D eigenvalue weighted by molar-refractivity contribution is 0.315. The Labute approximate surface area is 123 Å². The van der Waals surface area contributed by atoms with Crippen molar-refractivity contribution in [1.29, 1.82) is 0 Å². The second-order valence-corrected chi connectivity index (χ2v) is 5.33. The fraction of sp³-hybridized carbons (Fsp3) is 0.400. The molecule has 6 heteroatoms. The van der Waals surface area contributed by atoms with Gasteiger partial charge >= 0.3 is 0 Å². The van der Waals surface area contributed by atoms with Crippen molar-refractivity contribution in [1.82, 2.24) is 25.2 Å². The maximum atomic E-state index is 4.71. The minimum absolute atomic E-state index is 0.429. The van der Waals surface area contributed by atoms with Gasteiger partial charge in [-0.05, 0) is 48.3 Å². The molecule has 3 aromatic rings. The molecule has 0 aliphatic carbocycles. The van der Waals surface area contributed by atoms with E-state index in [-0.39, 0.29) is 0 Å². The van der Waals surface area contributed by atoms with Crippen LogP contribution >= 0.6 is 0 Å². The summed E-state index contributed by atoms with van der Waals surface area (Å²) in [6.07, 6.45) is 4.92. The van der Waals surface area contributed by atoms with Gasteiger partial charge in [0.2, 0.25) is 0 Å². The normalized spacial score (nSPS) is 12.9. The summed E-state index contributed by atoms with van der Waals surface area (Å²) in [6, 6.07) is 6.41. The maximum Gasteiger partial charge on any atom is 0.135 e. The highest BCUT2D eigenvalue weighted by Gasteiger charge is 2.05. The molecular formula is C15H19N5O. The third-order valence-electron chi connectivity index (χ3n) is 3.70. The van der Waals surface area contributed by atoms with Gasteiger partial charge in [0.15, 0.2) is 0 Å². The van der Waals surface area contributed by atoms with Crippen molar-refractivity contribution in [3.63, 3.8) is 0 Å². The molecule has 21 heavy (non-hydrogen) atoms. The van der Waals surface area contributed by atoms with Crippen molar-refractivity contribution in [3.05, 3.63) is 42.0 Å². The molecule has 0 bridgehead atoms.